The summed E-state index contributed by atoms with van der Waals surface area (Å²) in [6, 6.07) is 6.65. The van der Waals surface area contributed by atoms with Gasteiger partial charge < -0.3 is 5.73 Å². The summed E-state index contributed by atoms with van der Waals surface area (Å²) in [7, 11) is 0. The fourth-order valence-electron chi connectivity index (χ4n) is 2.06. The molecule has 100 valence electrons. The second-order valence-corrected chi connectivity index (χ2v) is 4.73. The van der Waals surface area contributed by atoms with Gasteiger partial charge >= 0.3 is 0 Å². The minimum atomic E-state index is -0.376. The van der Waals surface area contributed by atoms with Crippen LogP contribution in [0.15, 0.2) is 24.3 Å². The fourth-order valence-corrected chi connectivity index (χ4v) is 2.06. The van der Waals surface area contributed by atoms with Crippen molar-refractivity contribution in [2.24, 2.45) is 5.73 Å². The van der Waals surface area contributed by atoms with Crippen molar-refractivity contribution in [2.75, 3.05) is 0 Å². The first kappa shape index (κ1) is 13.6. The third-order valence-corrected chi connectivity index (χ3v) is 3.25. The van der Waals surface area contributed by atoms with Crippen LogP contribution in [0, 0.1) is 19.7 Å². The Morgan fingerprint density at radius 1 is 1.21 bits per heavy atom. The van der Waals surface area contributed by atoms with Gasteiger partial charge in [-0.15, -0.1) is 0 Å². The predicted octanol–water partition coefficient (Wildman–Crippen LogP) is 2.84. The Morgan fingerprint density at radius 2 is 1.95 bits per heavy atom. The van der Waals surface area contributed by atoms with E-state index < -0.39 is 0 Å². The second-order valence-electron chi connectivity index (χ2n) is 4.73. The van der Waals surface area contributed by atoms with E-state index >= 15 is 0 Å². The summed E-state index contributed by atoms with van der Waals surface area (Å²) in [5, 5.41) is 8.20. The van der Waals surface area contributed by atoms with E-state index in [4.69, 9.17) is 5.73 Å². The van der Waals surface area contributed by atoms with Crippen LogP contribution in [-0.4, -0.2) is 10.2 Å². The summed E-state index contributed by atoms with van der Waals surface area (Å²) in [5.41, 5.74) is 10.2. The molecule has 1 heterocycles. The Balaban J connectivity index is 2.45. The molecule has 19 heavy (non-hydrogen) atoms. The summed E-state index contributed by atoms with van der Waals surface area (Å²) in [5.74, 6) is -0.232. The summed E-state index contributed by atoms with van der Waals surface area (Å²) in [6.45, 7) is 5.62. The van der Waals surface area contributed by atoms with E-state index in [-0.39, 0.29) is 11.9 Å². The first-order valence-corrected chi connectivity index (χ1v) is 6.37. The highest BCUT2D eigenvalue weighted by molar-refractivity contribution is 5.36. The molecule has 0 saturated carbocycles. The number of hydrogen-bond acceptors (Lipinski definition) is 3. The number of aromatic nitrogens is 2. The van der Waals surface area contributed by atoms with Gasteiger partial charge in [-0.25, -0.2) is 4.39 Å². The smallest absolute Gasteiger partial charge is 0.126 e. The second kappa shape index (κ2) is 5.45. The average Bonchev–Trinajstić information content (AvgIpc) is 2.41. The Kier molecular flexibility index (Phi) is 3.90. The van der Waals surface area contributed by atoms with Gasteiger partial charge in [0.15, 0.2) is 0 Å². The Hall–Kier alpha value is -1.81. The molecule has 2 N–H and O–H groups in total. The molecular weight excluding hydrogens is 241 g/mol. The summed E-state index contributed by atoms with van der Waals surface area (Å²) in [6.07, 6.45) is 0.755. The molecule has 0 saturated heterocycles. The Labute approximate surface area is 112 Å². The van der Waals surface area contributed by atoms with Crippen LogP contribution in [0.5, 0.6) is 0 Å². The van der Waals surface area contributed by atoms with E-state index in [9.17, 15) is 4.39 Å². The predicted molar refractivity (Wildman–Crippen MR) is 73.3 cm³/mol. The van der Waals surface area contributed by atoms with Crippen molar-refractivity contribution in [3.8, 4) is 0 Å². The van der Waals surface area contributed by atoms with Crippen LogP contribution in [0.1, 0.15) is 41.0 Å². The van der Waals surface area contributed by atoms with Crippen LogP contribution in [0.4, 0.5) is 4.39 Å². The molecule has 0 spiro atoms. The van der Waals surface area contributed by atoms with E-state index in [0.29, 0.717) is 5.56 Å². The van der Waals surface area contributed by atoms with Gasteiger partial charge in [-0.3, -0.25) is 0 Å². The van der Waals surface area contributed by atoms with Crippen molar-refractivity contribution in [1.82, 2.24) is 10.2 Å². The molecule has 0 bridgehead atoms. The number of rotatable bonds is 3. The van der Waals surface area contributed by atoms with Gasteiger partial charge in [0, 0.05) is 0 Å². The van der Waals surface area contributed by atoms with Crippen LogP contribution in [0.3, 0.4) is 0 Å². The molecule has 0 radical (unpaired) electrons. The average molecular weight is 259 g/mol. The van der Waals surface area contributed by atoms with Crippen molar-refractivity contribution < 1.29 is 4.39 Å². The largest absolute Gasteiger partial charge is 0.320 e. The highest BCUT2D eigenvalue weighted by atomic mass is 19.1. The van der Waals surface area contributed by atoms with Crippen molar-refractivity contribution in [3.05, 3.63) is 58.2 Å². The Bertz CT molecular complexity index is 596. The topological polar surface area (TPSA) is 51.8 Å². The number of hydrogen-bond donors (Lipinski definition) is 1. The molecule has 0 fully saturated rings. The molecule has 2 aromatic rings. The molecule has 0 aliphatic carbocycles. The molecule has 1 unspecified atom stereocenters. The molecule has 1 aromatic heterocycles. The summed E-state index contributed by atoms with van der Waals surface area (Å²) in [4.78, 5) is 0. The number of nitrogens with zero attached hydrogens (tertiary/aromatic N) is 2. The lowest BCUT2D eigenvalue weighted by Gasteiger charge is -2.16. The highest BCUT2D eigenvalue weighted by Gasteiger charge is 2.15. The zero-order valence-electron chi connectivity index (χ0n) is 11.4. The number of benzene rings is 1. The van der Waals surface area contributed by atoms with Gasteiger partial charge in [-0.2, -0.15) is 10.2 Å². The third kappa shape index (κ3) is 2.79. The quantitative estimate of drug-likeness (QED) is 0.922. The van der Waals surface area contributed by atoms with E-state index in [0.717, 1.165) is 28.9 Å². The van der Waals surface area contributed by atoms with Crippen LogP contribution in [0.25, 0.3) is 0 Å². The van der Waals surface area contributed by atoms with E-state index in [1.807, 2.05) is 26.0 Å². The fraction of sp³-hybridized carbons (Fsp3) is 0.333. The van der Waals surface area contributed by atoms with Crippen LogP contribution < -0.4 is 5.73 Å². The minimum Gasteiger partial charge on any atom is -0.320 e. The number of aryl methyl sites for hydroxylation is 3. The molecule has 2 rings (SSSR count). The molecular formula is C15H18FN3. The molecule has 4 heteroatoms. The first-order valence-electron chi connectivity index (χ1n) is 6.37. The lowest BCUT2D eigenvalue weighted by molar-refractivity contribution is 0.614. The molecule has 0 aliphatic rings. The Morgan fingerprint density at radius 3 is 2.58 bits per heavy atom. The molecule has 1 atom stereocenters. The van der Waals surface area contributed by atoms with Crippen LogP contribution in [-0.2, 0) is 6.42 Å². The first-order chi connectivity index (χ1) is 9.02. The minimum absolute atomic E-state index is 0.232. The standard InChI is InChI=1S/C15H18FN3/c1-4-14-12(7-10(3)18-19-14)15(17)11-6-5-9(2)13(16)8-11/h5-8,15H,4,17H2,1-3H3. The van der Waals surface area contributed by atoms with E-state index in [1.165, 1.54) is 6.07 Å². The highest BCUT2D eigenvalue weighted by Crippen LogP contribution is 2.24. The van der Waals surface area contributed by atoms with Crippen molar-refractivity contribution in [3.63, 3.8) is 0 Å². The van der Waals surface area contributed by atoms with Crippen molar-refractivity contribution >= 4 is 0 Å². The normalized spacial score (nSPS) is 12.5. The van der Waals surface area contributed by atoms with Gasteiger partial charge in [0.1, 0.15) is 5.82 Å². The van der Waals surface area contributed by atoms with Gasteiger partial charge in [0.25, 0.3) is 0 Å². The molecule has 0 amide bonds. The SMILES string of the molecule is CCc1nnc(C)cc1C(N)c1ccc(C)c(F)c1. The maximum atomic E-state index is 13.6. The van der Waals surface area contributed by atoms with E-state index in [1.54, 1.807) is 13.0 Å². The van der Waals surface area contributed by atoms with Crippen molar-refractivity contribution in [1.29, 1.82) is 0 Å². The summed E-state index contributed by atoms with van der Waals surface area (Å²) < 4.78 is 13.6. The zero-order valence-corrected chi connectivity index (χ0v) is 11.4. The van der Waals surface area contributed by atoms with Crippen molar-refractivity contribution in [2.45, 2.75) is 33.2 Å². The van der Waals surface area contributed by atoms with Gasteiger partial charge in [0.2, 0.25) is 0 Å². The van der Waals surface area contributed by atoms with Gasteiger partial charge in [-0.05, 0) is 49.1 Å². The maximum Gasteiger partial charge on any atom is 0.126 e. The van der Waals surface area contributed by atoms with Crippen LogP contribution in [0.2, 0.25) is 0 Å². The zero-order chi connectivity index (χ0) is 14.0. The van der Waals surface area contributed by atoms with Crippen LogP contribution >= 0.6 is 0 Å². The molecule has 1 aromatic carbocycles. The van der Waals surface area contributed by atoms with Gasteiger partial charge in [-0.1, -0.05) is 19.1 Å². The maximum absolute atomic E-state index is 13.6. The van der Waals surface area contributed by atoms with Gasteiger partial charge in [0.05, 0.1) is 17.4 Å². The number of halogens is 1. The van der Waals surface area contributed by atoms with E-state index in [2.05, 4.69) is 10.2 Å². The summed E-state index contributed by atoms with van der Waals surface area (Å²) >= 11 is 0. The lowest BCUT2D eigenvalue weighted by atomic mass is 9.96. The molecule has 0 aliphatic heterocycles. The lowest BCUT2D eigenvalue weighted by Crippen LogP contribution is -2.16. The third-order valence-electron chi connectivity index (χ3n) is 3.25. The monoisotopic (exact) mass is 259 g/mol. The molecule has 3 nitrogen and oxygen atoms in total. The number of nitrogens with two attached hydrogens (primary N) is 1.